The van der Waals surface area contributed by atoms with Crippen LogP contribution >= 0.6 is 11.6 Å². The third kappa shape index (κ3) is 3.36. The van der Waals surface area contributed by atoms with Gasteiger partial charge in [0.15, 0.2) is 5.60 Å². The van der Waals surface area contributed by atoms with Crippen LogP contribution in [0.2, 0.25) is 5.02 Å². The van der Waals surface area contributed by atoms with Gasteiger partial charge in [-0.3, -0.25) is 0 Å². The van der Waals surface area contributed by atoms with E-state index in [1.165, 1.54) is 12.3 Å². The molecule has 0 bridgehead atoms. The monoisotopic (exact) mass is 465 g/mol. The lowest BCUT2D eigenvalue weighted by Crippen LogP contribution is -2.58. The van der Waals surface area contributed by atoms with Crippen molar-refractivity contribution < 1.29 is 23.4 Å². The van der Waals surface area contributed by atoms with Gasteiger partial charge in [0.2, 0.25) is 0 Å². The molecule has 1 heterocycles. The quantitative estimate of drug-likeness (QED) is 0.450. The molecule has 2 unspecified atom stereocenters. The second kappa shape index (κ2) is 7.22. The molecule has 1 aliphatic carbocycles. The van der Waals surface area contributed by atoms with Crippen LogP contribution in [-0.2, 0) is 5.41 Å². The summed E-state index contributed by atoms with van der Waals surface area (Å²) in [5.74, 6) is 0.265. The number of phenols is 1. The average molecular weight is 466 g/mol. The fourth-order valence-corrected chi connectivity index (χ4v) is 4.90. The SMILES string of the molecule is Cc1ncc2c(NC3c4cc(C)c(Cl)c(O)c4C(C)(C)CC3(O)C(F)(F)F)cccc2n1. The Hall–Kier alpha value is -2.58. The minimum atomic E-state index is -4.94. The van der Waals surface area contributed by atoms with Gasteiger partial charge in [-0.15, -0.1) is 0 Å². The van der Waals surface area contributed by atoms with E-state index in [9.17, 15) is 23.4 Å². The Morgan fingerprint density at radius 2 is 1.91 bits per heavy atom. The van der Waals surface area contributed by atoms with Crippen molar-refractivity contribution in [1.29, 1.82) is 0 Å². The fraction of sp³-hybridized carbons (Fsp3) is 0.391. The van der Waals surface area contributed by atoms with Gasteiger partial charge in [-0.25, -0.2) is 9.97 Å². The molecule has 5 nitrogen and oxygen atoms in total. The minimum absolute atomic E-state index is 0.0852. The number of fused-ring (bicyclic) bond motifs is 2. The number of hydrogen-bond acceptors (Lipinski definition) is 5. The number of aryl methyl sites for hydroxylation is 2. The van der Waals surface area contributed by atoms with Crippen molar-refractivity contribution in [3.8, 4) is 5.75 Å². The predicted molar refractivity (Wildman–Crippen MR) is 117 cm³/mol. The molecule has 32 heavy (non-hydrogen) atoms. The number of nitrogens with zero attached hydrogens (tertiary/aromatic N) is 2. The van der Waals surface area contributed by atoms with Crippen molar-refractivity contribution in [2.75, 3.05) is 5.32 Å². The molecule has 0 spiro atoms. The van der Waals surface area contributed by atoms with Crippen LogP contribution in [-0.4, -0.2) is 32.0 Å². The Morgan fingerprint density at radius 3 is 2.56 bits per heavy atom. The number of aliphatic hydroxyl groups is 1. The average Bonchev–Trinajstić information content (AvgIpc) is 2.67. The summed E-state index contributed by atoms with van der Waals surface area (Å²) >= 11 is 6.23. The number of halogens is 4. The van der Waals surface area contributed by atoms with Crippen molar-refractivity contribution in [1.82, 2.24) is 9.97 Å². The van der Waals surface area contributed by atoms with Crippen LogP contribution in [0.3, 0.4) is 0 Å². The highest BCUT2D eigenvalue weighted by atomic mass is 35.5. The minimum Gasteiger partial charge on any atom is -0.506 e. The number of aromatic nitrogens is 2. The molecule has 1 aromatic heterocycles. The number of phenolic OH excluding ortho intramolecular Hbond substituents is 1. The smallest absolute Gasteiger partial charge is 0.419 e. The van der Waals surface area contributed by atoms with Gasteiger partial charge in [0.05, 0.1) is 16.6 Å². The van der Waals surface area contributed by atoms with E-state index in [1.807, 2.05) is 0 Å². The summed E-state index contributed by atoms with van der Waals surface area (Å²) < 4.78 is 43.1. The lowest BCUT2D eigenvalue weighted by atomic mass is 9.63. The number of aromatic hydroxyl groups is 1. The lowest BCUT2D eigenvalue weighted by molar-refractivity contribution is -0.275. The van der Waals surface area contributed by atoms with E-state index in [4.69, 9.17) is 11.6 Å². The molecule has 0 amide bonds. The summed E-state index contributed by atoms with van der Waals surface area (Å²) in [4.78, 5) is 8.49. The van der Waals surface area contributed by atoms with E-state index in [1.54, 1.807) is 45.9 Å². The Morgan fingerprint density at radius 1 is 1.22 bits per heavy atom. The van der Waals surface area contributed by atoms with Crippen molar-refractivity contribution >= 4 is 28.2 Å². The first-order chi connectivity index (χ1) is 14.8. The first kappa shape index (κ1) is 22.6. The highest BCUT2D eigenvalue weighted by Gasteiger charge is 2.64. The summed E-state index contributed by atoms with van der Waals surface area (Å²) in [6, 6.07) is 4.92. The molecule has 2 atom stereocenters. The van der Waals surface area contributed by atoms with E-state index < -0.39 is 29.7 Å². The summed E-state index contributed by atoms with van der Waals surface area (Å²) in [5.41, 5.74) is -2.56. The molecule has 3 aromatic rings. The van der Waals surface area contributed by atoms with E-state index in [2.05, 4.69) is 15.3 Å². The van der Waals surface area contributed by atoms with Gasteiger partial charge in [-0.2, -0.15) is 13.2 Å². The van der Waals surface area contributed by atoms with Gasteiger partial charge < -0.3 is 15.5 Å². The van der Waals surface area contributed by atoms with Gasteiger partial charge >= 0.3 is 6.18 Å². The van der Waals surface area contributed by atoms with Crippen molar-refractivity contribution in [3.05, 3.63) is 58.0 Å². The van der Waals surface area contributed by atoms with Gasteiger partial charge in [-0.05, 0) is 48.9 Å². The molecule has 0 aliphatic heterocycles. The summed E-state index contributed by atoms with van der Waals surface area (Å²) in [7, 11) is 0. The number of rotatable bonds is 2. The van der Waals surface area contributed by atoms with Gasteiger partial charge in [0.25, 0.3) is 0 Å². The predicted octanol–water partition coefficient (Wildman–Crippen LogP) is 5.73. The zero-order valence-electron chi connectivity index (χ0n) is 18.0. The van der Waals surface area contributed by atoms with Gasteiger partial charge in [0.1, 0.15) is 11.6 Å². The summed E-state index contributed by atoms with van der Waals surface area (Å²) in [6.07, 6.45) is -4.08. The van der Waals surface area contributed by atoms with Gasteiger partial charge in [0, 0.05) is 22.8 Å². The second-order valence-electron chi connectivity index (χ2n) is 9.04. The Kier molecular flexibility index (Phi) is 5.10. The van der Waals surface area contributed by atoms with E-state index in [0.29, 0.717) is 28.0 Å². The molecule has 0 saturated carbocycles. The van der Waals surface area contributed by atoms with Crippen LogP contribution in [0, 0.1) is 13.8 Å². The largest absolute Gasteiger partial charge is 0.506 e. The molecule has 0 radical (unpaired) electrons. The molecule has 0 saturated heterocycles. The molecule has 170 valence electrons. The van der Waals surface area contributed by atoms with Crippen LogP contribution in [0.25, 0.3) is 10.9 Å². The Labute approximate surface area is 188 Å². The number of nitrogens with one attached hydrogen (secondary N) is 1. The lowest BCUT2D eigenvalue weighted by Gasteiger charge is -2.49. The molecule has 9 heteroatoms. The van der Waals surface area contributed by atoms with E-state index in [0.717, 1.165) is 0 Å². The Balaban J connectivity index is 1.98. The molecular weight excluding hydrogens is 443 g/mol. The zero-order chi connectivity index (χ0) is 23.6. The van der Waals surface area contributed by atoms with Crippen molar-refractivity contribution in [2.45, 2.75) is 57.3 Å². The fourth-order valence-electron chi connectivity index (χ4n) is 4.75. The third-order valence-electron chi connectivity index (χ3n) is 6.16. The normalized spacial score (nSPS) is 22.6. The molecule has 0 fully saturated rings. The van der Waals surface area contributed by atoms with Crippen molar-refractivity contribution in [3.63, 3.8) is 0 Å². The molecule has 3 N–H and O–H groups in total. The summed E-state index contributed by atoms with van der Waals surface area (Å²) in [6.45, 7) is 6.43. The Bertz CT molecular complexity index is 1230. The maximum absolute atomic E-state index is 14.4. The van der Waals surface area contributed by atoms with Crippen LogP contribution in [0.15, 0.2) is 30.5 Å². The van der Waals surface area contributed by atoms with E-state index in [-0.39, 0.29) is 21.9 Å². The van der Waals surface area contributed by atoms with Crippen molar-refractivity contribution in [2.24, 2.45) is 0 Å². The topological polar surface area (TPSA) is 78.3 Å². The van der Waals surface area contributed by atoms with Crippen LogP contribution in [0.5, 0.6) is 5.75 Å². The highest BCUT2D eigenvalue weighted by Crippen LogP contribution is 2.57. The van der Waals surface area contributed by atoms with Crippen LogP contribution in [0.4, 0.5) is 18.9 Å². The molecular formula is C23H23ClF3N3O2. The first-order valence-corrected chi connectivity index (χ1v) is 10.4. The highest BCUT2D eigenvalue weighted by molar-refractivity contribution is 6.33. The van der Waals surface area contributed by atoms with Crippen LogP contribution < -0.4 is 5.32 Å². The summed E-state index contributed by atoms with van der Waals surface area (Å²) in [5, 5.41) is 25.4. The standard InChI is InChI=1S/C23H23ClF3N3O2/c1-11-8-13-17(19(31)18(11)24)21(3,4)10-22(32,23(25,26)27)20(13)30-16-7-5-6-15-14(16)9-28-12(2)29-15/h5-9,20,30-32H,10H2,1-4H3. The molecule has 1 aliphatic rings. The zero-order valence-corrected chi connectivity index (χ0v) is 18.7. The number of alkyl halides is 3. The number of anilines is 1. The van der Waals surface area contributed by atoms with Crippen LogP contribution in [0.1, 0.15) is 48.8 Å². The van der Waals surface area contributed by atoms with Gasteiger partial charge in [-0.1, -0.05) is 37.6 Å². The second-order valence-corrected chi connectivity index (χ2v) is 9.41. The number of benzene rings is 2. The molecule has 2 aromatic carbocycles. The first-order valence-electron chi connectivity index (χ1n) is 10.1. The van der Waals surface area contributed by atoms with E-state index >= 15 is 0 Å². The maximum atomic E-state index is 14.4. The number of hydrogen-bond donors (Lipinski definition) is 3. The molecule has 4 rings (SSSR count). The third-order valence-corrected chi connectivity index (χ3v) is 6.64. The maximum Gasteiger partial charge on any atom is 0.419 e.